The second kappa shape index (κ2) is 7.49. The predicted octanol–water partition coefficient (Wildman–Crippen LogP) is 2.84. The van der Waals surface area contributed by atoms with E-state index in [1.54, 1.807) is 0 Å². The summed E-state index contributed by atoms with van der Waals surface area (Å²) in [5, 5.41) is 0. The van der Waals surface area contributed by atoms with E-state index in [2.05, 4.69) is 4.98 Å². The Bertz CT molecular complexity index is 649. The first-order valence-electron chi connectivity index (χ1n) is 9.61. The van der Waals surface area contributed by atoms with E-state index in [1.165, 1.54) is 0 Å². The molecule has 0 N–H and O–H groups in total. The number of aromatic nitrogens is 1. The number of carbonyl (C=O) groups excluding carboxylic acids is 1. The van der Waals surface area contributed by atoms with Gasteiger partial charge in [-0.1, -0.05) is 0 Å². The van der Waals surface area contributed by atoms with E-state index in [-0.39, 0.29) is 10.7 Å². The van der Waals surface area contributed by atoms with Gasteiger partial charge in [0, 0.05) is 55.6 Å². The smallest absolute Gasteiger partial charge is 0.254 e. The molecule has 1 aromatic rings. The molecule has 3 aliphatic heterocycles. The summed E-state index contributed by atoms with van der Waals surface area (Å²) in [6, 6.07) is 3.78. The lowest BCUT2D eigenvalue weighted by Crippen LogP contribution is -2.60. The number of hydrogen-bond donors (Lipinski definition) is 0. The maximum Gasteiger partial charge on any atom is 0.254 e. The van der Waals surface area contributed by atoms with Crippen LogP contribution in [0.3, 0.4) is 0 Å². The normalized spacial score (nSPS) is 25.5. The van der Waals surface area contributed by atoms with Crippen LogP contribution in [-0.2, 0) is 9.47 Å². The Hall–Kier alpha value is -1.11. The highest BCUT2D eigenvalue weighted by molar-refractivity contribution is 8.01. The van der Waals surface area contributed by atoms with Crippen LogP contribution >= 0.6 is 11.8 Å². The molecule has 3 saturated heterocycles. The molecule has 1 amide bonds. The van der Waals surface area contributed by atoms with Gasteiger partial charge in [-0.15, -0.1) is 11.8 Å². The van der Waals surface area contributed by atoms with Crippen LogP contribution in [0, 0.1) is 19.8 Å². The number of ether oxygens (including phenoxy) is 2. The standard InChI is InChI=1S/C20H28N2O3S/c1-14-7-17(8-15(2)21-14)19(23)22-12-20(13-22)9-18(11-26-20)25-10-16-3-5-24-6-4-16/h7-8,16,18H,3-6,9-13H2,1-2H3/t18-/m0/s1. The minimum absolute atomic E-state index is 0.136. The van der Waals surface area contributed by atoms with Crippen LogP contribution < -0.4 is 0 Å². The number of carbonyl (C=O) groups is 1. The van der Waals surface area contributed by atoms with E-state index in [0.29, 0.717) is 12.0 Å². The van der Waals surface area contributed by atoms with Gasteiger partial charge < -0.3 is 14.4 Å². The second-order valence-electron chi connectivity index (χ2n) is 8.01. The SMILES string of the molecule is Cc1cc(C(=O)N2CC3(C[C@H](OCC4CCOCC4)CS3)C2)cc(C)n1. The van der Waals surface area contributed by atoms with Crippen molar-refractivity contribution < 1.29 is 14.3 Å². The van der Waals surface area contributed by atoms with Crippen LogP contribution in [0.15, 0.2) is 12.1 Å². The average molecular weight is 377 g/mol. The molecule has 4 heterocycles. The molecule has 142 valence electrons. The van der Waals surface area contributed by atoms with E-state index in [9.17, 15) is 4.79 Å². The molecule has 1 spiro atoms. The van der Waals surface area contributed by atoms with Crippen molar-refractivity contribution in [3.8, 4) is 0 Å². The molecule has 3 aliphatic rings. The predicted molar refractivity (Wildman–Crippen MR) is 103 cm³/mol. The van der Waals surface area contributed by atoms with Crippen molar-refractivity contribution in [2.75, 3.05) is 38.7 Å². The van der Waals surface area contributed by atoms with Crippen molar-refractivity contribution in [3.63, 3.8) is 0 Å². The van der Waals surface area contributed by atoms with Gasteiger partial charge in [0.25, 0.3) is 5.91 Å². The number of likely N-dealkylation sites (tertiary alicyclic amines) is 1. The van der Waals surface area contributed by atoms with Gasteiger partial charge in [0.1, 0.15) is 0 Å². The molecule has 1 aromatic heterocycles. The molecule has 0 radical (unpaired) electrons. The lowest BCUT2D eigenvalue weighted by atomic mass is 9.92. The van der Waals surface area contributed by atoms with Crippen molar-refractivity contribution in [2.45, 2.75) is 44.0 Å². The summed E-state index contributed by atoms with van der Waals surface area (Å²) in [7, 11) is 0. The van der Waals surface area contributed by atoms with Gasteiger partial charge in [0.2, 0.25) is 0 Å². The summed E-state index contributed by atoms with van der Waals surface area (Å²) in [6.07, 6.45) is 3.65. The van der Waals surface area contributed by atoms with E-state index in [4.69, 9.17) is 9.47 Å². The van der Waals surface area contributed by atoms with Crippen LogP contribution in [0.5, 0.6) is 0 Å². The molecule has 6 heteroatoms. The van der Waals surface area contributed by atoms with Crippen LogP contribution in [0.4, 0.5) is 0 Å². The highest BCUT2D eigenvalue weighted by Gasteiger charge is 2.51. The van der Waals surface area contributed by atoms with Crippen LogP contribution in [0.1, 0.15) is 41.0 Å². The summed E-state index contributed by atoms with van der Waals surface area (Å²) < 4.78 is 11.8. The van der Waals surface area contributed by atoms with Gasteiger partial charge in [-0.3, -0.25) is 9.78 Å². The molecular formula is C20H28N2O3S. The highest BCUT2D eigenvalue weighted by atomic mass is 32.2. The topological polar surface area (TPSA) is 51.7 Å². The maximum atomic E-state index is 12.7. The first-order valence-corrected chi connectivity index (χ1v) is 10.6. The minimum atomic E-state index is 0.136. The number of amides is 1. The molecule has 4 rings (SSSR count). The Morgan fingerprint density at radius 1 is 1.31 bits per heavy atom. The molecule has 1 atom stereocenters. The van der Waals surface area contributed by atoms with Crippen molar-refractivity contribution in [1.82, 2.24) is 9.88 Å². The van der Waals surface area contributed by atoms with Gasteiger partial charge in [-0.25, -0.2) is 0 Å². The summed E-state index contributed by atoms with van der Waals surface area (Å²) in [4.78, 5) is 19.1. The third-order valence-corrected chi connectivity index (χ3v) is 7.23. The first-order chi connectivity index (χ1) is 12.5. The van der Waals surface area contributed by atoms with Crippen molar-refractivity contribution >= 4 is 17.7 Å². The molecule has 5 nitrogen and oxygen atoms in total. The van der Waals surface area contributed by atoms with Gasteiger partial charge >= 0.3 is 0 Å². The molecule has 0 aromatic carbocycles. The third-order valence-electron chi connectivity index (χ3n) is 5.66. The summed E-state index contributed by atoms with van der Waals surface area (Å²) in [5.41, 5.74) is 2.57. The van der Waals surface area contributed by atoms with E-state index < -0.39 is 0 Å². The summed E-state index contributed by atoms with van der Waals surface area (Å²) in [6.45, 7) is 8.18. The minimum Gasteiger partial charge on any atom is -0.381 e. The van der Waals surface area contributed by atoms with Gasteiger partial charge in [0.05, 0.1) is 10.9 Å². The van der Waals surface area contributed by atoms with E-state index in [0.717, 1.165) is 74.9 Å². The lowest BCUT2D eigenvalue weighted by Gasteiger charge is -2.47. The zero-order valence-electron chi connectivity index (χ0n) is 15.7. The van der Waals surface area contributed by atoms with Crippen molar-refractivity contribution in [1.29, 1.82) is 0 Å². The molecule has 0 bridgehead atoms. The number of thioether (sulfide) groups is 1. The number of pyridine rings is 1. The Morgan fingerprint density at radius 3 is 2.69 bits per heavy atom. The summed E-state index contributed by atoms with van der Waals surface area (Å²) >= 11 is 1.99. The first kappa shape index (κ1) is 18.3. The van der Waals surface area contributed by atoms with Crippen molar-refractivity contribution in [3.05, 3.63) is 29.1 Å². The Labute approximate surface area is 159 Å². The van der Waals surface area contributed by atoms with Gasteiger partial charge in [-0.05, 0) is 51.2 Å². The van der Waals surface area contributed by atoms with E-state index >= 15 is 0 Å². The highest BCUT2D eigenvalue weighted by Crippen LogP contribution is 2.46. The zero-order valence-corrected chi connectivity index (χ0v) is 16.5. The molecule has 3 fully saturated rings. The molecule has 0 unspecified atom stereocenters. The summed E-state index contributed by atoms with van der Waals surface area (Å²) in [5.74, 6) is 1.85. The fraction of sp³-hybridized carbons (Fsp3) is 0.700. The van der Waals surface area contributed by atoms with Crippen LogP contribution in [0.25, 0.3) is 0 Å². The van der Waals surface area contributed by atoms with Gasteiger partial charge in [-0.2, -0.15) is 0 Å². The fourth-order valence-corrected chi connectivity index (χ4v) is 5.80. The maximum absolute atomic E-state index is 12.7. The van der Waals surface area contributed by atoms with Crippen molar-refractivity contribution in [2.24, 2.45) is 5.92 Å². The monoisotopic (exact) mass is 376 g/mol. The molecular weight excluding hydrogens is 348 g/mol. The number of nitrogens with zero attached hydrogens (tertiary/aromatic N) is 2. The number of rotatable bonds is 4. The van der Waals surface area contributed by atoms with Crippen LogP contribution in [0.2, 0.25) is 0 Å². The van der Waals surface area contributed by atoms with Gasteiger partial charge in [0.15, 0.2) is 0 Å². The van der Waals surface area contributed by atoms with E-state index in [1.807, 2.05) is 42.6 Å². The Kier molecular flexibility index (Phi) is 5.26. The second-order valence-corrected chi connectivity index (χ2v) is 9.50. The third kappa shape index (κ3) is 3.92. The largest absolute Gasteiger partial charge is 0.381 e. The average Bonchev–Trinajstić information content (AvgIpc) is 3.03. The Balaban J connectivity index is 1.26. The molecule has 0 saturated carbocycles. The number of hydrogen-bond acceptors (Lipinski definition) is 5. The fourth-order valence-electron chi connectivity index (χ4n) is 4.25. The zero-order chi connectivity index (χ0) is 18.1. The molecule has 0 aliphatic carbocycles. The van der Waals surface area contributed by atoms with Crippen LogP contribution in [-0.4, -0.2) is 65.3 Å². The Morgan fingerprint density at radius 2 is 2.00 bits per heavy atom. The lowest BCUT2D eigenvalue weighted by molar-refractivity contribution is -0.0118. The number of aryl methyl sites for hydroxylation is 2. The quantitative estimate of drug-likeness (QED) is 0.809. The molecule has 26 heavy (non-hydrogen) atoms.